The molecule has 2 heterocycles. The van der Waals surface area contributed by atoms with Crippen LogP contribution in [0.1, 0.15) is 48.9 Å². The lowest BCUT2D eigenvalue weighted by Crippen LogP contribution is -2.41. The van der Waals surface area contributed by atoms with Crippen molar-refractivity contribution >= 4 is 11.7 Å². The highest BCUT2D eigenvalue weighted by molar-refractivity contribution is 5.91. The summed E-state index contributed by atoms with van der Waals surface area (Å²) >= 11 is 0. The van der Waals surface area contributed by atoms with Gasteiger partial charge in [0, 0.05) is 17.9 Å². The first-order valence-corrected chi connectivity index (χ1v) is 7.14. The summed E-state index contributed by atoms with van der Waals surface area (Å²) in [5.41, 5.74) is 0.910. The number of aromatic nitrogens is 4. The molecule has 0 aromatic carbocycles. The van der Waals surface area contributed by atoms with Crippen LogP contribution in [0.2, 0.25) is 0 Å². The molecule has 1 fully saturated rings. The molecule has 1 aliphatic rings. The van der Waals surface area contributed by atoms with E-state index in [0.29, 0.717) is 11.7 Å². The molecule has 106 valence electrons. The van der Waals surface area contributed by atoms with Crippen molar-refractivity contribution in [3.8, 4) is 0 Å². The summed E-state index contributed by atoms with van der Waals surface area (Å²) in [6, 6.07) is 2.07. The second-order valence-electron chi connectivity index (χ2n) is 5.58. The van der Waals surface area contributed by atoms with Gasteiger partial charge in [0.1, 0.15) is 0 Å². The number of carbonyl (C=O) groups is 1. The number of nitrogens with zero attached hydrogens (tertiary/aromatic N) is 4. The van der Waals surface area contributed by atoms with Gasteiger partial charge in [0.25, 0.3) is 11.7 Å². The third kappa shape index (κ3) is 2.37. The van der Waals surface area contributed by atoms with Gasteiger partial charge < -0.3 is 5.32 Å². The Morgan fingerprint density at radius 1 is 1.40 bits per heavy atom. The molecule has 2 aromatic rings. The number of hydrogen-bond acceptors (Lipinski definition) is 4. The molecule has 0 aliphatic heterocycles. The van der Waals surface area contributed by atoms with Crippen LogP contribution in [0.4, 0.5) is 0 Å². The monoisotopic (exact) mass is 273 g/mol. The molecule has 0 bridgehead atoms. The zero-order valence-electron chi connectivity index (χ0n) is 11.8. The molecule has 20 heavy (non-hydrogen) atoms. The first-order valence-electron chi connectivity index (χ1n) is 7.14. The minimum Gasteiger partial charge on any atom is -0.346 e. The van der Waals surface area contributed by atoms with Crippen molar-refractivity contribution in [1.29, 1.82) is 0 Å². The maximum absolute atomic E-state index is 12.3. The third-order valence-electron chi connectivity index (χ3n) is 4.06. The van der Waals surface area contributed by atoms with Gasteiger partial charge in [-0.05, 0) is 31.7 Å². The van der Waals surface area contributed by atoms with Gasteiger partial charge in [-0.25, -0.2) is 9.50 Å². The van der Waals surface area contributed by atoms with E-state index in [0.717, 1.165) is 12.1 Å². The van der Waals surface area contributed by atoms with Gasteiger partial charge in [-0.2, -0.15) is 4.98 Å². The van der Waals surface area contributed by atoms with E-state index in [1.54, 1.807) is 10.7 Å². The molecule has 1 N–H and O–H groups in total. The van der Waals surface area contributed by atoms with Gasteiger partial charge in [-0.15, -0.1) is 5.10 Å². The van der Waals surface area contributed by atoms with Gasteiger partial charge in [0.2, 0.25) is 5.82 Å². The number of amides is 1. The minimum absolute atomic E-state index is 0.199. The van der Waals surface area contributed by atoms with Gasteiger partial charge in [-0.3, -0.25) is 4.79 Å². The van der Waals surface area contributed by atoms with Crippen molar-refractivity contribution in [2.45, 2.75) is 45.6 Å². The average molecular weight is 273 g/mol. The highest BCUT2D eigenvalue weighted by Gasteiger charge is 2.25. The number of aryl methyl sites for hydroxylation is 1. The lowest BCUT2D eigenvalue weighted by atomic mass is 9.86. The fraction of sp³-hybridized carbons (Fsp3) is 0.571. The van der Waals surface area contributed by atoms with Crippen molar-refractivity contribution in [3.05, 3.63) is 23.8 Å². The summed E-state index contributed by atoms with van der Waals surface area (Å²) in [6.07, 6.45) is 6.31. The molecule has 1 amide bonds. The Kier molecular flexibility index (Phi) is 3.38. The largest absolute Gasteiger partial charge is 0.346 e. The zero-order valence-corrected chi connectivity index (χ0v) is 11.8. The van der Waals surface area contributed by atoms with Crippen molar-refractivity contribution < 1.29 is 4.79 Å². The Bertz CT molecular complexity index is 636. The van der Waals surface area contributed by atoms with E-state index in [4.69, 9.17) is 0 Å². The summed E-state index contributed by atoms with van der Waals surface area (Å²) in [4.78, 5) is 20.6. The van der Waals surface area contributed by atoms with Crippen LogP contribution < -0.4 is 5.32 Å². The lowest BCUT2D eigenvalue weighted by molar-refractivity contribution is 0.0900. The average Bonchev–Trinajstić information content (AvgIpc) is 2.87. The quantitative estimate of drug-likeness (QED) is 0.904. The van der Waals surface area contributed by atoms with Crippen molar-refractivity contribution in [3.63, 3.8) is 0 Å². The van der Waals surface area contributed by atoms with Crippen LogP contribution in [0.5, 0.6) is 0 Å². The second-order valence-corrected chi connectivity index (χ2v) is 5.58. The summed E-state index contributed by atoms with van der Waals surface area (Å²) in [7, 11) is 0. The Morgan fingerprint density at radius 2 is 2.20 bits per heavy atom. The Labute approximate surface area is 117 Å². The van der Waals surface area contributed by atoms with Crippen LogP contribution in [-0.2, 0) is 0 Å². The molecular weight excluding hydrogens is 254 g/mol. The maximum Gasteiger partial charge on any atom is 0.291 e. The molecule has 1 saturated carbocycles. The summed E-state index contributed by atoms with van der Waals surface area (Å²) in [5, 5.41) is 7.29. The molecular formula is C14H19N5O. The van der Waals surface area contributed by atoms with E-state index >= 15 is 0 Å². The predicted molar refractivity (Wildman–Crippen MR) is 74.4 cm³/mol. The lowest BCUT2D eigenvalue weighted by Gasteiger charge is -2.28. The smallest absolute Gasteiger partial charge is 0.291 e. The zero-order chi connectivity index (χ0) is 14.1. The summed E-state index contributed by atoms with van der Waals surface area (Å²) in [6.45, 7) is 4.10. The molecule has 2 aromatic heterocycles. The molecule has 0 spiro atoms. The molecule has 6 heteroatoms. The van der Waals surface area contributed by atoms with Gasteiger partial charge in [0.15, 0.2) is 0 Å². The van der Waals surface area contributed by atoms with Crippen molar-refractivity contribution in [2.24, 2.45) is 5.92 Å². The van der Waals surface area contributed by atoms with Crippen LogP contribution in [-0.4, -0.2) is 31.5 Å². The second kappa shape index (κ2) is 5.19. The first-order chi connectivity index (χ1) is 9.65. The predicted octanol–water partition coefficient (Wildman–Crippen LogP) is 1.74. The molecule has 2 unspecified atom stereocenters. The minimum atomic E-state index is -0.200. The van der Waals surface area contributed by atoms with E-state index in [-0.39, 0.29) is 17.8 Å². The summed E-state index contributed by atoms with van der Waals surface area (Å²) in [5.74, 6) is 0.981. The van der Waals surface area contributed by atoms with Crippen LogP contribution in [0.25, 0.3) is 5.78 Å². The maximum atomic E-state index is 12.3. The Hall–Kier alpha value is -1.98. The highest BCUT2D eigenvalue weighted by Crippen LogP contribution is 2.23. The Balaban J connectivity index is 1.80. The topological polar surface area (TPSA) is 72.2 Å². The van der Waals surface area contributed by atoms with Crippen LogP contribution >= 0.6 is 0 Å². The van der Waals surface area contributed by atoms with E-state index in [9.17, 15) is 4.79 Å². The van der Waals surface area contributed by atoms with E-state index in [2.05, 4.69) is 27.3 Å². The fourth-order valence-electron chi connectivity index (χ4n) is 2.77. The number of fused-ring (bicyclic) bond motifs is 1. The normalized spacial score (nSPS) is 22.9. The number of rotatable bonds is 2. The van der Waals surface area contributed by atoms with Gasteiger partial charge in [-0.1, -0.05) is 19.8 Å². The fourth-order valence-corrected chi connectivity index (χ4v) is 2.77. The van der Waals surface area contributed by atoms with E-state index in [1.807, 2.05) is 13.0 Å². The molecule has 1 aliphatic carbocycles. The van der Waals surface area contributed by atoms with Crippen molar-refractivity contribution in [1.82, 2.24) is 24.9 Å². The molecule has 0 radical (unpaired) electrons. The number of nitrogens with one attached hydrogen (secondary N) is 1. The molecule has 0 saturated heterocycles. The SMILES string of the molecule is Cc1ccnc2nc(C(=O)NC3CCCCC3C)nn12. The molecule has 6 nitrogen and oxygen atoms in total. The standard InChI is InChI=1S/C14H19N5O/c1-9-5-3-4-6-11(9)16-13(20)12-17-14-15-8-7-10(2)19(14)18-12/h7-9,11H,3-6H2,1-2H3,(H,16,20). The van der Waals surface area contributed by atoms with Crippen LogP contribution in [0.15, 0.2) is 12.3 Å². The Morgan fingerprint density at radius 3 is 2.95 bits per heavy atom. The van der Waals surface area contributed by atoms with Gasteiger partial charge >= 0.3 is 0 Å². The molecule has 3 rings (SSSR count). The third-order valence-corrected chi connectivity index (χ3v) is 4.06. The van der Waals surface area contributed by atoms with E-state index in [1.165, 1.54) is 19.3 Å². The first kappa shape index (κ1) is 13.0. The van der Waals surface area contributed by atoms with Crippen LogP contribution in [0, 0.1) is 12.8 Å². The highest BCUT2D eigenvalue weighted by atomic mass is 16.2. The summed E-state index contributed by atoms with van der Waals surface area (Å²) < 4.78 is 1.60. The molecule has 2 atom stereocenters. The number of hydrogen-bond donors (Lipinski definition) is 1. The van der Waals surface area contributed by atoms with Crippen LogP contribution in [0.3, 0.4) is 0 Å². The van der Waals surface area contributed by atoms with E-state index < -0.39 is 0 Å². The van der Waals surface area contributed by atoms with Crippen molar-refractivity contribution in [2.75, 3.05) is 0 Å². The number of carbonyl (C=O) groups excluding carboxylic acids is 1. The van der Waals surface area contributed by atoms with Gasteiger partial charge in [0.05, 0.1) is 0 Å².